The van der Waals surface area contributed by atoms with E-state index in [4.69, 9.17) is 0 Å². The molecule has 2 aromatic carbocycles. The second-order valence-electron chi connectivity index (χ2n) is 7.31. The maximum Gasteiger partial charge on any atom is 0.189 e. The Morgan fingerprint density at radius 1 is 0.929 bits per heavy atom. The molecular formula is C23H19FN4. The Kier molecular flexibility index (Phi) is 3.83. The molecule has 0 saturated carbocycles. The van der Waals surface area contributed by atoms with E-state index >= 15 is 4.39 Å². The van der Waals surface area contributed by atoms with Crippen molar-refractivity contribution < 1.29 is 4.39 Å². The van der Waals surface area contributed by atoms with Crippen LogP contribution < -0.4 is 4.90 Å². The van der Waals surface area contributed by atoms with Crippen LogP contribution in [0.1, 0.15) is 11.3 Å². The number of rotatable bonds is 3. The van der Waals surface area contributed by atoms with Gasteiger partial charge in [-0.05, 0) is 31.2 Å². The number of para-hydroxylation sites is 1. The molecule has 1 fully saturated rings. The van der Waals surface area contributed by atoms with Crippen LogP contribution in [0.5, 0.6) is 0 Å². The first-order valence-corrected chi connectivity index (χ1v) is 9.31. The molecule has 0 amide bonds. The zero-order chi connectivity index (χ0) is 19.1. The van der Waals surface area contributed by atoms with Crippen LogP contribution in [-0.2, 0) is 5.67 Å². The van der Waals surface area contributed by atoms with Crippen LogP contribution in [0.2, 0.25) is 0 Å². The van der Waals surface area contributed by atoms with E-state index in [2.05, 4.69) is 15.0 Å². The Hall–Kier alpha value is -3.34. The Labute approximate surface area is 162 Å². The van der Waals surface area contributed by atoms with Gasteiger partial charge in [0.15, 0.2) is 5.67 Å². The van der Waals surface area contributed by atoms with Gasteiger partial charge in [0.1, 0.15) is 11.5 Å². The van der Waals surface area contributed by atoms with Crippen LogP contribution >= 0.6 is 0 Å². The first-order valence-electron chi connectivity index (χ1n) is 9.31. The minimum atomic E-state index is -1.54. The molecule has 28 heavy (non-hydrogen) atoms. The SMILES string of the molecule is Cc1cccc(-c2nccnc2C2(F)CN(c3ccc4ccccc4n3)C2)c1. The van der Waals surface area contributed by atoms with Crippen molar-refractivity contribution in [1.82, 2.24) is 15.0 Å². The van der Waals surface area contributed by atoms with E-state index in [1.807, 2.05) is 72.5 Å². The molecule has 0 unspecified atom stereocenters. The first-order chi connectivity index (χ1) is 13.6. The first kappa shape index (κ1) is 16.8. The van der Waals surface area contributed by atoms with Gasteiger partial charge in [-0.2, -0.15) is 0 Å². The van der Waals surface area contributed by atoms with Gasteiger partial charge in [0.25, 0.3) is 0 Å². The number of fused-ring (bicyclic) bond motifs is 1. The van der Waals surface area contributed by atoms with Crippen LogP contribution in [0.25, 0.3) is 22.2 Å². The highest BCUT2D eigenvalue weighted by atomic mass is 19.1. The summed E-state index contributed by atoms with van der Waals surface area (Å²) < 4.78 is 15.8. The average Bonchev–Trinajstić information content (AvgIpc) is 2.71. The molecule has 0 spiro atoms. The number of aryl methyl sites for hydroxylation is 1. The standard InChI is InChI=1S/C23H19FN4/c1-16-5-4-7-18(13-16)21-22(26-12-11-25-21)23(24)14-28(15-23)20-10-9-17-6-2-3-8-19(17)27-20/h2-13H,14-15H2,1H3. The normalized spacial score (nSPS) is 15.4. The summed E-state index contributed by atoms with van der Waals surface area (Å²) in [4.78, 5) is 15.4. The molecule has 0 bridgehead atoms. The molecule has 0 N–H and O–H groups in total. The lowest BCUT2D eigenvalue weighted by Gasteiger charge is -2.45. The molecule has 1 aliphatic rings. The highest BCUT2D eigenvalue weighted by molar-refractivity contribution is 5.80. The molecule has 4 nitrogen and oxygen atoms in total. The van der Waals surface area contributed by atoms with Crippen molar-refractivity contribution in [2.24, 2.45) is 0 Å². The molecule has 0 atom stereocenters. The van der Waals surface area contributed by atoms with Gasteiger partial charge in [0.2, 0.25) is 0 Å². The third-order valence-corrected chi connectivity index (χ3v) is 5.20. The van der Waals surface area contributed by atoms with E-state index in [0.29, 0.717) is 11.4 Å². The van der Waals surface area contributed by atoms with Crippen molar-refractivity contribution >= 4 is 16.7 Å². The number of benzene rings is 2. The summed E-state index contributed by atoms with van der Waals surface area (Å²) >= 11 is 0. The van der Waals surface area contributed by atoms with Gasteiger partial charge in [0, 0.05) is 23.3 Å². The fourth-order valence-corrected chi connectivity index (χ4v) is 3.77. The van der Waals surface area contributed by atoms with E-state index < -0.39 is 5.67 Å². The zero-order valence-electron chi connectivity index (χ0n) is 15.5. The highest BCUT2D eigenvalue weighted by Crippen LogP contribution is 2.41. The summed E-state index contributed by atoms with van der Waals surface area (Å²) in [6, 6.07) is 19.8. The Morgan fingerprint density at radius 3 is 2.61 bits per heavy atom. The van der Waals surface area contributed by atoms with Gasteiger partial charge in [0.05, 0.1) is 24.3 Å². The summed E-state index contributed by atoms with van der Waals surface area (Å²) in [6.45, 7) is 2.45. The maximum atomic E-state index is 15.8. The fraction of sp³-hybridized carbons (Fsp3) is 0.174. The highest BCUT2D eigenvalue weighted by Gasteiger charge is 2.48. The molecule has 138 valence electrons. The summed E-state index contributed by atoms with van der Waals surface area (Å²) in [7, 11) is 0. The molecule has 4 aromatic rings. The number of aromatic nitrogens is 3. The van der Waals surface area contributed by atoms with Crippen molar-refractivity contribution in [3.05, 3.63) is 84.3 Å². The van der Waals surface area contributed by atoms with Crippen molar-refractivity contribution in [3.63, 3.8) is 0 Å². The van der Waals surface area contributed by atoms with Crippen molar-refractivity contribution in [1.29, 1.82) is 0 Å². The number of pyridine rings is 1. The van der Waals surface area contributed by atoms with Crippen molar-refractivity contribution in [2.45, 2.75) is 12.6 Å². The number of alkyl halides is 1. The van der Waals surface area contributed by atoms with Crippen LogP contribution in [0.4, 0.5) is 10.2 Å². The third kappa shape index (κ3) is 2.80. The number of nitrogens with zero attached hydrogens (tertiary/aromatic N) is 4. The summed E-state index contributed by atoms with van der Waals surface area (Å²) in [6.07, 6.45) is 3.18. The van der Waals surface area contributed by atoms with Gasteiger partial charge in [-0.25, -0.2) is 9.37 Å². The predicted molar refractivity (Wildman–Crippen MR) is 109 cm³/mol. The quantitative estimate of drug-likeness (QED) is 0.525. The average molecular weight is 370 g/mol. The Bertz CT molecular complexity index is 1170. The van der Waals surface area contributed by atoms with E-state index in [0.717, 1.165) is 27.8 Å². The molecule has 1 saturated heterocycles. The zero-order valence-corrected chi connectivity index (χ0v) is 15.5. The van der Waals surface area contributed by atoms with E-state index in [1.165, 1.54) is 0 Å². The topological polar surface area (TPSA) is 41.9 Å². The van der Waals surface area contributed by atoms with Crippen molar-refractivity contribution in [3.8, 4) is 11.3 Å². The van der Waals surface area contributed by atoms with E-state index in [1.54, 1.807) is 12.4 Å². The predicted octanol–water partition coefficient (Wildman–Crippen LogP) is 4.69. The fourth-order valence-electron chi connectivity index (χ4n) is 3.77. The molecule has 2 aromatic heterocycles. The Balaban J connectivity index is 1.46. The number of halogens is 1. The largest absolute Gasteiger partial charge is 0.349 e. The van der Waals surface area contributed by atoms with Gasteiger partial charge >= 0.3 is 0 Å². The molecule has 5 heteroatoms. The van der Waals surface area contributed by atoms with Gasteiger partial charge in [-0.3, -0.25) is 9.97 Å². The summed E-state index contributed by atoms with van der Waals surface area (Å²) in [5, 5.41) is 1.08. The van der Waals surface area contributed by atoms with Crippen LogP contribution in [0, 0.1) is 6.92 Å². The lowest BCUT2D eigenvalue weighted by Crippen LogP contribution is -2.57. The Morgan fingerprint density at radius 2 is 1.75 bits per heavy atom. The molecule has 5 rings (SSSR count). The smallest absolute Gasteiger partial charge is 0.189 e. The van der Waals surface area contributed by atoms with E-state index in [-0.39, 0.29) is 13.1 Å². The van der Waals surface area contributed by atoms with Crippen LogP contribution in [0.3, 0.4) is 0 Å². The van der Waals surface area contributed by atoms with Crippen molar-refractivity contribution in [2.75, 3.05) is 18.0 Å². The second kappa shape index (κ2) is 6.37. The molecular weight excluding hydrogens is 351 g/mol. The number of hydrogen-bond donors (Lipinski definition) is 0. The number of hydrogen-bond acceptors (Lipinski definition) is 4. The second-order valence-corrected chi connectivity index (χ2v) is 7.31. The summed E-state index contributed by atoms with van der Waals surface area (Å²) in [5.74, 6) is 0.785. The van der Waals surface area contributed by atoms with Gasteiger partial charge in [-0.15, -0.1) is 0 Å². The minimum absolute atomic E-state index is 0.218. The van der Waals surface area contributed by atoms with Gasteiger partial charge < -0.3 is 4.90 Å². The van der Waals surface area contributed by atoms with Crippen LogP contribution in [-0.4, -0.2) is 28.0 Å². The van der Waals surface area contributed by atoms with Crippen LogP contribution in [0.15, 0.2) is 73.1 Å². The molecule has 1 aliphatic heterocycles. The lowest BCUT2D eigenvalue weighted by atomic mass is 9.88. The molecule has 0 aliphatic carbocycles. The summed E-state index contributed by atoms with van der Waals surface area (Å²) in [5.41, 5.74) is 2.38. The number of anilines is 1. The maximum absolute atomic E-state index is 15.8. The third-order valence-electron chi connectivity index (χ3n) is 5.20. The molecule has 0 radical (unpaired) electrons. The molecule has 3 heterocycles. The monoisotopic (exact) mass is 370 g/mol. The van der Waals surface area contributed by atoms with Gasteiger partial charge in [-0.1, -0.05) is 42.0 Å². The van der Waals surface area contributed by atoms with E-state index in [9.17, 15) is 0 Å². The lowest BCUT2D eigenvalue weighted by molar-refractivity contribution is 0.114. The minimum Gasteiger partial charge on any atom is -0.349 e.